The van der Waals surface area contributed by atoms with Gasteiger partial charge in [0, 0.05) is 6.54 Å². The Hall–Kier alpha value is -3.24. The van der Waals surface area contributed by atoms with Gasteiger partial charge in [0.2, 0.25) is 17.7 Å². The number of hydrogen-bond acceptors (Lipinski definition) is 6. The number of hydrazine groups is 1. The summed E-state index contributed by atoms with van der Waals surface area (Å²) in [7, 11) is 0. The highest BCUT2D eigenvalue weighted by molar-refractivity contribution is 5.92. The van der Waals surface area contributed by atoms with Gasteiger partial charge in [-0.3, -0.25) is 24.2 Å². The van der Waals surface area contributed by atoms with Crippen LogP contribution in [0.4, 0.5) is 0 Å². The summed E-state index contributed by atoms with van der Waals surface area (Å²) in [5.41, 5.74) is 10.5. The number of aliphatic hydroxyl groups is 1. The third-order valence-electron chi connectivity index (χ3n) is 7.06. The fourth-order valence-corrected chi connectivity index (χ4v) is 4.40. The highest BCUT2D eigenvalue weighted by atomic mass is 16.3. The van der Waals surface area contributed by atoms with E-state index in [1.807, 2.05) is 24.3 Å². The molecular weight excluding hydrogens is 498 g/mol. The maximum atomic E-state index is 13.0. The van der Waals surface area contributed by atoms with Crippen LogP contribution in [-0.4, -0.2) is 64.5 Å². The van der Waals surface area contributed by atoms with Crippen LogP contribution in [0.5, 0.6) is 0 Å². The van der Waals surface area contributed by atoms with E-state index in [1.165, 1.54) is 10.6 Å². The molecule has 1 aliphatic rings. The van der Waals surface area contributed by atoms with Crippen molar-refractivity contribution in [1.82, 2.24) is 21.1 Å². The standard InChI is InChI=1S/C29H45N5O5/c1-6-21-12-9-13-22(17-21)11-7-8-15-24(35)19(4)27(37)32-25(18(2)3)28(38)31-20(5)29(39)34-16-10-14-23(33-34)26(30)36/h7,9,11-13,17-20,23-25,33,35H,6,8,10,14-16H2,1-5H3,(H2,30,36)(H,31,38)(H,32,37)/b11-7+. The largest absolute Gasteiger partial charge is 0.392 e. The van der Waals surface area contributed by atoms with Crippen LogP contribution in [0.2, 0.25) is 0 Å². The summed E-state index contributed by atoms with van der Waals surface area (Å²) in [6.45, 7) is 9.26. The zero-order chi connectivity index (χ0) is 29.1. The molecule has 5 unspecified atom stereocenters. The minimum Gasteiger partial charge on any atom is -0.392 e. The Bertz CT molecular complexity index is 1030. The van der Waals surface area contributed by atoms with Crippen LogP contribution in [0.25, 0.3) is 6.08 Å². The third-order valence-corrected chi connectivity index (χ3v) is 7.06. The van der Waals surface area contributed by atoms with Crippen molar-refractivity contribution < 1.29 is 24.3 Å². The van der Waals surface area contributed by atoms with Crippen LogP contribution >= 0.6 is 0 Å². The number of nitrogens with zero attached hydrogens (tertiary/aromatic N) is 1. The van der Waals surface area contributed by atoms with Crippen LogP contribution in [0.3, 0.4) is 0 Å². The second-order valence-corrected chi connectivity index (χ2v) is 10.6. The van der Waals surface area contributed by atoms with Gasteiger partial charge in [0.15, 0.2) is 0 Å². The quantitative estimate of drug-likeness (QED) is 0.255. The fraction of sp³-hybridized carbons (Fsp3) is 0.586. The lowest BCUT2D eigenvalue weighted by molar-refractivity contribution is -0.143. The van der Waals surface area contributed by atoms with Crippen molar-refractivity contribution in [2.24, 2.45) is 17.6 Å². The number of amides is 4. The molecule has 1 fully saturated rings. The van der Waals surface area contributed by atoms with Crippen LogP contribution in [0.1, 0.15) is 71.4 Å². The molecule has 2 rings (SSSR count). The molecule has 39 heavy (non-hydrogen) atoms. The number of primary amides is 1. The normalized spacial score (nSPS) is 18.8. The first kappa shape index (κ1) is 32.0. The molecule has 6 N–H and O–H groups in total. The van der Waals surface area contributed by atoms with Gasteiger partial charge >= 0.3 is 0 Å². The maximum absolute atomic E-state index is 13.0. The minimum atomic E-state index is -0.888. The first-order valence-electron chi connectivity index (χ1n) is 13.9. The van der Waals surface area contributed by atoms with Crippen molar-refractivity contribution in [3.05, 3.63) is 41.5 Å². The molecule has 0 radical (unpaired) electrons. The molecule has 10 heteroatoms. The molecule has 216 valence electrons. The first-order valence-corrected chi connectivity index (χ1v) is 13.9. The lowest BCUT2D eigenvalue weighted by Gasteiger charge is -2.34. The van der Waals surface area contributed by atoms with Crippen molar-refractivity contribution >= 4 is 29.7 Å². The van der Waals surface area contributed by atoms with Gasteiger partial charge in [-0.2, -0.15) is 0 Å². The van der Waals surface area contributed by atoms with Gasteiger partial charge in [-0.15, -0.1) is 0 Å². The highest BCUT2D eigenvalue weighted by Crippen LogP contribution is 2.14. The van der Waals surface area contributed by atoms with E-state index in [0.717, 1.165) is 12.0 Å². The molecular formula is C29H45N5O5. The summed E-state index contributed by atoms with van der Waals surface area (Å²) >= 11 is 0. The maximum Gasteiger partial charge on any atom is 0.258 e. The minimum absolute atomic E-state index is 0.255. The SMILES string of the molecule is CCc1cccc(/C=C/CCC(O)C(C)C(=O)NC(C(=O)NC(C)C(=O)N2CCCC(C(N)=O)N2)C(C)C)c1. The summed E-state index contributed by atoms with van der Waals surface area (Å²) < 4.78 is 0. The molecule has 0 saturated carbocycles. The molecule has 0 bridgehead atoms. The molecule has 5 atom stereocenters. The Kier molecular flexibility index (Phi) is 12.6. The second kappa shape index (κ2) is 15.4. The Morgan fingerprint density at radius 1 is 1.15 bits per heavy atom. The molecule has 1 aromatic rings. The number of allylic oxidation sites excluding steroid dienone is 1. The fourth-order valence-electron chi connectivity index (χ4n) is 4.40. The summed E-state index contributed by atoms with van der Waals surface area (Å²) in [4.78, 5) is 50.2. The number of carbonyl (C=O) groups excluding carboxylic acids is 4. The van der Waals surface area contributed by atoms with Crippen LogP contribution in [0, 0.1) is 11.8 Å². The van der Waals surface area contributed by atoms with Gasteiger partial charge < -0.3 is 21.5 Å². The Morgan fingerprint density at radius 3 is 2.51 bits per heavy atom. The Morgan fingerprint density at radius 2 is 1.87 bits per heavy atom. The number of rotatable bonds is 13. The third kappa shape index (κ3) is 9.78. The van der Waals surface area contributed by atoms with E-state index >= 15 is 0 Å². The molecule has 0 aliphatic carbocycles. The molecule has 1 aromatic carbocycles. The number of hydrogen-bond donors (Lipinski definition) is 5. The molecule has 10 nitrogen and oxygen atoms in total. The topological polar surface area (TPSA) is 154 Å². The van der Waals surface area contributed by atoms with Crippen LogP contribution in [0.15, 0.2) is 30.3 Å². The monoisotopic (exact) mass is 543 g/mol. The molecule has 1 heterocycles. The van der Waals surface area contributed by atoms with Gasteiger partial charge in [0.25, 0.3) is 5.91 Å². The van der Waals surface area contributed by atoms with E-state index in [9.17, 15) is 24.3 Å². The van der Waals surface area contributed by atoms with Crippen molar-refractivity contribution in [3.8, 4) is 0 Å². The average molecular weight is 544 g/mol. The van der Waals surface area contributed by atoms with E-state index in [0.29, 0.717) is 32.2 Å². The molecule has 0 aromatic heterocycles. The Labute approximate surface area is 231 Å². The summed E-state index contributed by atoms with van der Waals surface area (Å²) in [5, 5.41) is 17.3. The summed E-state index contributed by atoms with van der Waals surface area (Å²) in [6, 6.07) is 5.83. The van der Waals surface area contributed by atoms with Gasteiger partial charge in [0.1, 0.15) is 18.1 Å². The van der Waals surface area contributed by atoms with Crippen molar-refractivity contribution in [2.75, 3.05) is 6.54 Å². The van der Waals surface area contributed by atoms with Crippen LogP contribution < -0.4 is 21.8 Å². The summed E-state index contributed by atoms with van der Waals surface area (Å²) in [5.74, 6) is -2.85. The lowest BCUT2D eigenvalue weighted by atomic mass is 9.97. The number of aryl methyl sites for hydroxylation is 1. The smallest absolute Gasteiger partial charge is 0.258 e. The number of nitrogens with two attached hydrogens (primary N) is 1. The van der Waals surface area contributed by atoms with E-state index < -0.39 is 53.8 Å². The predicted octanol–water partition coefficient (Wildman–Crippen LogP) is 1.67. The zero-order valence-electron chi connectivity index (χ0n) is 23.8. The number of benzene rings is 1. The number of carbonyl (C=O) groups is 4. The van der Waals surface area contributed by atoms with E-state index in [-0.39, 0.29) is 5.92 Å². The highest BCUT2D eigenvalue weighted by Gasteiger charge is 2.33. The molecule has 0 spiro atoms. The molecule has 1 saturated heterocycles. The van der Waals surface area contributed by atoms with Gasteiger partial charge in [0.05, 0.1) is 12.0 Å². The van der Waals surface area contributed by atoms with Crippen molar-refractivity contribution in [3.63, 3.8) is 0 Å². The molecule has 1 aliphatic heterocycles. The first-order chi connectivity index (χ1) is 18.4. The van der Waals surface area contributed by atoms with E-state index in [2.05, 4.69) is 35.1 Å². The Balaban J connectivity index is 1.88. The number of nitrogens with one attached hydrogen (secondary N) is 3. The van der Waals surface area contributed by atoms with E-state index in [1.54, 1.807) is 27.7 Å². The number of aliphatic hydroxyl groups excluding tert-OH is 1. The van der Waals surface area contributed by atoms with E-state index in [4.69, 9.17) is 5.73 Å². The van der Waals surface area contributed by atoms with Crippen molar-refractivity contribution in [2.45, 2.75) is 91.0 Å². The molecule has 4 amide bonds. The van der Waals surface area contributed by atoms with Crippen molar-refractivity contribution in [1.29, 1.82) is 0 Å². The average Bonchev–Trinajstić information content (AvgIpc) is 2.92. The predicted molar refractivity (Wildman–Crippen MR) is 151 cm³/mol. The van der Waals surface area contributed by atoms with Gasteiger partial charge in [-0.05, 0) is 56.1 Å². The lowest BCUT2D eigenvalue weighted by Crippen LogP contribution is -2.61. The van der Waals surface area contributed by atoms with Gasteiger partial charge in [-0.1, -0.05) is 64.1 Å². The second-order valence-electron chi connectivity index (χ2n) is 10.6. The zero-order valence-corrected chi connectivity index (χ0v) is 23.8. The van der Waals surface area contributed by atoms with Gasteiger partial charge in [-0.25, -0.2) is 5.43 Å². The van der Waals surface area contributed by atoms with Crippen LogP contribution in [-0.2, 0) is 25.6 Å². The summed E-state index contributed by atoms with van der Waals surface area (Å²) in [6.07, 6.45) is 6.22.